The van der Waals surface area contributed by atoms with Crippen LogP contribution in [0.5, 0.6) is 6.01 Å². The zero-order chi connectivity index (χ0) is 15.4. The van der Waals surface area contributed by atoms with Crippen LogP contribution in [-0.2, 0) is 0 Å². The number of nitrogens with two attached hydrogens (primary N) is 1. The van der Waals surface area contributed by atoms with Gasteiger partial charge in [0, 0.05) is 18.6 Å². The second kappa shape index (κ2) is 6.86. The molecular formula is C13H25N7O. The number of nitrogens with zero attached hydrogens (tertiary/aromatic N) is 4. The van der Waals surface area contributed by atoms with Crippen molar-refractivity contribution in [2.24, 2.45) is 5.84 Å². The van der Waals surface area contributed by atoms with Crippen LogP contribution in [0.25, 0.3) is 0 Å². The first kappa shape index (κ1) is 15.7. The van der Waals surface area contributed by atoms with Gasteiger partial charge in [-0.1, -0.05) is 0 Å². The molecule has 0 amide bonds. The predicted molar refractivity (Wildman–Crippen MR) is 82.1 cm³/mol. The van der Waals surface area contributed by atoms with E-state index in [9.17, 15) is 0 Å². The van der Waals surface area contributed by atoms with Crippen molar-refractivity contribution in [3.8, 4) is 6.01 Å². The standard InChI is InChI=1S/C13H25N7O/c1-8(2)21-13-17-11(16-12(18-13)19-14)15-10-5-6-20(4)9(3)7-10/h8-10H,5-7,14H2,1-4H3,(H2,15,16,17,18,19). The number of rotatable bonds is 5. The molecule has 2 heterocycles. The molecule has 4 N–H and O–H groups in total. The maximum absolute atomic E-state index is 5.52. The zero-order valence-electron chi connectivity index (χ0n) is 13.1. The lowest BCUT2D eigenvalue weighted by atomic mass is 9.99. The van der Waals surface area contributed by atoms with E-state index in [-0.39, 0.29) is 12.1 Å². The molecule has 2 atom stereocenters. The van der Waals surface area contributed by atoms with Gasteiger partial charge in [-0.05, 0) is 40.7 Å². The topological polar surface area (TPSA) is 101 Å². The Kier molecular flexibility index (Phi) is 5.13. The third kappa shape index (κ3) is 4.40. The molecule has 1 aromatic heterocycles. The van der Waals surface area contributed by atoms with Gasteiger partial charge in [-0.15, -0.1) is 0 Å². The van der Waals surface area contributed by atoms with E-state index in [2.05, 4.69) is 44.6 Å². The summed E-state index contributed by atoms with van der Waals surface area (Å²) in [5.41, 5.74) is 2.44. The Hall–Kier alpha value is -1.67. The lowest BCUT2D eigenvalue weighted by molar-refractivity contribution is 0.189. The fourth-order valence-corrected chi connectivity index (χ4v) is 2.35. The number of hydrazine groups is 1. The molecule has 21 heavy (non-hydrogen) atoms. The average Bonchev–Trinajstić information content (AvgIpc) is 2.42. The van der Waals surface area contributed by atoms with Crippen LogP contribution in [0.2, 0.25) is 0 Å². The first-order chi connectivity index (χ1) is 9.97. The number of nitrogen functional groups attached to an aromatic ring is 1. The van der Waals surface area contributed by atoms with E-state index in [1.165, 1.54) is 0 Å². The second-order valence-corrected chi connectivity index (χ2v) is 5.77. The highest BCUT2D eigenvalue weighted by Gasteiger charge is 2.23. The van der Waals surface area contributed by atoms with Crippen LogP contribution in [0, 0.1) is 0 Å². The predicted octanol–water partition coefficient (Wildman–Crippen LogP) is 0.839. The number of hydrogen-bond acceptors (Lipinski definition) is 8. The monoisotopic (exact) mass is 295 g/mol. The van der Waals surface area contributed by atoms with Crippen molar-refractivity contribution < 1.29 is 4.74 Å². The van der Waals surface area contributed by atoms with Crippen molar-refractivity contribution >= 4 is 11.9 Å². The Bertz CT molecular complexity index is 468. The molecule has 118 valence electrons. The van der Waals surface area contributed by atoms with Gasteiger partial charge in [0.25, 0.3) is 0 Å². The Morgan fingerprint density at radius 1 is 1.29 bits per heavy atom. The molecule has 0 saturated carbocycles. The smallest absolute Gasteiger partial charge is 0.323 e. The third-order valence-electron chi connectivity index (χ3n) is 3.63. The van der Waals surface area contributed by atoms with E-state index >= 15 is 0 Å². The summed E-state index contributed by atoms with van der Waals surface area (Å²) in [7, 11) is 2.15. The molecule has 8 heteroatoms. The molecule has 2 unspecified atom stereocenters. The number of nitrogens with one attached hydrogen (secondary N) is 2. The Balaban J connectivity index is 2.08. The van der Waals surface area contributed by atoms with Crippen LogP contribution in [0.15, 0.2) is 0 Å². The summed E-state index contributed by atoms with van der Waals surface area (Å²) in [6.07, 6.45) is 2.10. The summed E-state index contributed by atoms with van der Waals surface area (Å²) in [6, 6.07) is 1.16. The van der Waals surface area contributed by atoms with Gasteiger partial charge in [-0.3, -0.25) is 5.43 Å². The number of likely N-dealkylation sites (tertiary alicyclic amines) is 1. The van der Waals surface area contributed by atoms with Crippen LogP contribution in [0.3, 0.4) is 0 Å². The minimum atomic E-state index is -0.00535. The van der Waals surface area contributed by atoms with Crippen molar-refractivity contribution in [1.29, 1.82) is 0 Å². The molecule has 0 aliphatic carbocycles. The van der Waals surface area contributed by atoms with E-state index in [4.69, 9.17) is 10.6 Å². The van der Waals surface area contributed by atoms with Gasteiger partial charge in [0.1, 0.15) is 0 Å². The molecule has 0 spiro atoms. The summed E-state index contributed by atoms with van der Waals surface area (Å²) in [6.45, 7) is 7.12. The molecule has 8 nitrogen and oxygen atoms in total. The molecule has 0 bridgehead atoms. The highest BCUT2D eigenvalue weighted by atomic mass is 16.5. The van der Waals surface area contributed by atoms with Gasteiger partial charge in [0.15, 0.2) is 0 Å². The minimum absolute atomic E-state index is 0.00535. The molecule has 1 fully saturated rings. The van der Waals surface area contributed by atoms with Gasteiger partial charge < -0.3 is 15.0 Å². The van der Waals surface area contributed by atoms with Crippen LogP contribution < -0.4 is 21.3 Å². The molecule has 0 radical (unpaired) electrons. The molecule has 1 aromatic rings. The van der Waals surface area contributed by atoms with Gasteiger partial charge in [-0.2, -0.15) is 15.0 Å². The Morgan fingerprint density at radius 2 is 2.00 bits per heavy atom. The van der Waals surface area contributed by atoms with E-state index in [1.807, 2.05) is 13.8 Å². The summed E-state index contributed by atoms with van der Waals surface area (Å²) < 4.78 is 5.52. The van der Waals surface area contributed by atoms with E-state index in [1.54, 1.807) is 0 Å². The van der Waals surface area contributed by atoms with E-state index in [0.29, 0.717) is 24.0 Å². The molecule has 1 saturated heterocycles. The van der Waals surface area contributed by atoms with Gasteiger partial charge in [0.2, 0.25) is 11.9 Å². The molecule has 1 aliphatic rings. The van der Waals surface area contributed by atoms with Crippen molar-refractivity contribution in [2.45, 2.75) is 51.8 Å². The Morgan fingerprint density at radius 3 is 2.62 bits per heavy atom. The zero-order valence-corrected chi connectivity index (χ0v) is 13.1. The molecule has 2 rings (SSSR count). The second-order valence-electron chi connectivity index (χ2n) is 5.77. The maximum Gasteiger partial charge on any atom is 0.323 e. The molecule has 1 aliphatic heterocycles. The highest BCUT2D eigenvalue weighted by Crippen LogP contribution is 2.19. The van der Waals surface area contributed by atoms with Gasteiger partial charge in [-0.25, -0.2) is 5.84 Å². The van der Waals surface area contributed by atoms with Crippen LogP contribution in [0.1, 0.15) is 33.6 Å². The molecular weight excluding hydrogens is 270 g/mol. The first-order valence-corrected chi connectivity index (χ1v) is 7.34. The van der Waals surface area contributed by atoms with Crippen LogP contribution >= 0.6 is 0 Å². The lowest BCUT2D eigenvalue weighted by Gasteiger charge is -2.35. The third-order valence-corrected chi connectivity index (χ3v) is 3.63. The largest absolute Gasteiger partial charge is 0.461 e. The highest BCUT2D eigenvalue weighted by molar-refractivity contribution is 5.35. The summed E-state index contributed by atoms with van der Waals surface area (Å²) >= 11 is 0. The van der Waals surface area contributed by atoms with E-state index in [0.717, 1.165) is 19.4 Å². The van der Waals surface area contributed by atoms with Gasteiger partial charge >= 0.3 is 6.01 Å². The SMILES string of the molecule is CC(C)Oc1nc(NN)nc(NC2CCN(C)C(C)C2)n1. The average molecular weight is 295 g/mol. The fourth-order valence-electron chi connectivity index (χ4n) is 2.35. The van der Waals surface area contributed by atoms with Crippen LogP contribution in [0.4, 0.5) is 11.9 Å². The maximum atomic E-state index is 5.52. The first-order valence-electron chi connectivity index (χ1n) is 7.34. The fraction of sp³-hybridized carbons (Fsp3) is 0.769. The van der Waals surface area contributed by atoms with Crippen LogP contribution in [-0.4, -0.2) is 51.6 Å². The summed E-state index contributed by atoms with van der Waals surface area (Å²) in [4.78, 5) is 15.0. The number of piperidine rings is 1. The quantitative estimate of drug-likeness (QED) is 0.542. The Labute approximate surface area is 125 Å². The van der Waals surface area contributed by atoms with Crippen molar-refractivity contribution in [3.05, 3.63) is 0 Å². The number of hydrogen-bond donors (Lipinski definition) is 3. The normalized spacial score (nSPS) is 23.1. The number of ether oxygens (including phenoxy) is 1. The summed E-state index contributed by atoms with van der Waals surface area (Å²) in [5.74, 6) is 6.19. The van der Waals surface area contributed by atoms with Crippen molar-refractivity contribution in [1.82, 2.24) is 19.9 Å². The summed E-state index contributed by atoms with van der Waals surface area (Å²) in [5, 5.41) is 3.36. The van der Waals surface area contributed by atoms with Crippen molar-refractivity contribution in [3.63, 3.8) is 0 Å². The van der Waals surface area contributed by atoms with Crippen molar-refractivity contribution in [2.75, 3.05) is 24.3 Å². The lowest BCUT2D eigenvalue weighted by Crippen LogP contribution is -2.42. The van der Waals surface area contributed by atoms with E-state index < -0.39 is 0 Å². The van der Waals surface area contributed by atoms with Gasteiger partial charge in [0.05, 0.1) is 6.10 Å². The number of aromatic nitrogens is 3. The number of anilines is 2. The molecule has 0 aromatic carbocycles. The minimum Gasteiger partial charge on any atom is -0.461 e.